The highest BCUT2D eigenvalue weighted by Gasteiger charge is 2.18. The van der Waals surface area contributed by atoms with Gasteiger partial charge in [-0.15, -0.1) is 0 Å². The summed E-state index contributed by atoms with van der Waals surface area (Å²) in [6, 6.07) is -1.24. The van der Waals surface area contributed by atoms with Crippen LogP contribution < -0.4 is 10.6 Å². The second-order valence-corrected chi connectivity index (χ2v) is 4.71. The van der Waals surface area contributed by atoms with Gasteiger partial charge >= 0.3 is 12.0 Å². The van der Waals surface area contributed by atoms with Gasteiger partial charge in [0.2, 0.25) is 0 Å². The predicted octanol–water partition coefficient (Wildman–Crippen LogP) is 1.74. The number of hydrogen-bond acceptors (Lipinski definition) is 3. The zero-order valence-electron chi connectivity index (χ0n) is 12.1. The van der Waals surface area contributed by atoms with Crippen molar-refractivity contribution in [2.45, 2.75) is 58.6 Å². The first kappa shape index (κ1) is 17.7. The summed E-state index contributed by atoms with van der Waals surface area (Å²) in [5.74, 6) is -0.998. The van der Waals surface area contributed by atoms with E-state index in [0.717, 1.165) is 12.8 Å². The summed E-state index contributed by atoms with van der Waals surface area (Å²) >= 11 is 0. The van der Waals surface area contributed by atoms with Gasteiger partial charge in [0.05, 0.1) is 6.10 Å². The van der Waals surface area contributed by atoms with Crippen molar-refractivity contribution < 1.29 is 19.4 Å². The maximum absolute atomic E-state index is 11.5. The highest BCUT2D eigenvalue weighted by atomic mass is 16.5. The summed E-state index contributed by atoms with van der Waals surface area (Å²) in [7, 11) is 0. The SMILES string of the molecule is CCCC(NC(=O)NCCCCOC(C)C)C(=O)O. The molecule has 0 saturated carbocycles. The maximum atomic E-state index is 11.5. The molecule has 6 heteroatoms. The van der Waals surface area contributed by atoms with Crippen molar-refractivity contribution in [2.75, 3.05) is 13.2 Å². The molecule has 0 rings (SSSR count). The van der Waals surface area contributed by atoms with Crippen molar-refractivity contribution in [2.24, 2.45) is 0 Å². The summed E-state index contributed by atoms with van der Waals surface area (Å²) in [6.45, 7) is 7.03. The van der Waals surface area contributed by atoms with Gasteiger partial charge in [0.1, 0.15) is 6.04 Å². The van der Waals surface area contributed by atoms with Crippen LogP contribution in [0.1, 0.15) is 46.5 Å². The zero-order valence-corrected chi connectivity index (χ0v) is 12.1. The fraction of sp³-hybridized carbons (Fsp3) is 0.846. The van der Waals surface area contributed by atoms with E-state index in [0.29, 0.717) is 26.0 Å². The van der Waals surface area contributed by atoms with Gasteiger partial charge in [0, 0.05) is 13.2 Å². The minimum atomic E-state index is -0.998. The average molecular weight is 274 g/mol. The number of carbonyl (C=O) groups is 2. The van der Waals surface area contributed by atoms with Gasteiger partial charge in [-0.2, -0.15) is 0 Å². The molecule has 0 aromatic rings. The molecular formula is C13H26N2O4. The van der Waals surface area contributed by atoms with Crippen molar-refractivity contribution in [3.05, 3.63) is 0 Å². The first-order chi connectivity index (χ1) is 8.97. The summed E-state index contributed by atoms with van der Waals surface area (Å²) in [4.78, 5) is 22.3. The summed E-state index contributed by atoms with van der Waals surface area (Å²) in [6.07, 6.45) is 3.05. The van der Waals surface area contributed by atoms with Crippen molar-refractivity contribution in [1.29, 1.82) is 0 Å². The Kier molecular flexibility index (Phi) is 9.88. The Bertz CT molecular complexity index is 269. The molecule has 0 aliphatic rings. The second kappa shape index (κ2) is 10.6. The van der Waals surface area contributed by atoms with Crippen LogP contribution in [0, 0.1) is 0 Å². The molecule has 0 heterocycles. The van der Waals surface area contributed by atoms with Crippen LogP contribution in [0.2, 0.25) is 0 Å². The van der Waals surface area contributed by atoms with Crippen LogP contribution in [-0.4, -0.2) is 42.4 Å². The lowest BCUT2D eigenvalue weighted by molar-refractivity contribution is -0.139. The molecule has 2 amide bonds. The van der Waals surface area contributed by atoms with E-state index in [-0.39, 0.29) is 6.10 Å². The van der Waals surface area contributed by atoms with Crippen LogP contribution >= 0.6 is 0 Å². The van der Waals surface area contributed by atoms with Gasteiger partial charge in [-0.1, -0.05) is 13.3 Å². The van der Waals surface area contributed by atoms with Gasteiger partial charge in [0.25, 0.3) is 0 Å². The molecule has 0 saturated heterocycles. The Morgan fingerprint density at radius 3 is 2.47 bits per heavy atom. The van der Waals surface area contributed by atoms with Gasteiger partial charge in [-0.25, -0.2) is 9.59 Å². The van der Waals surface area contributed by atoms with E-state index in [1.54, 1.807) is 0 Å². The summed E-state index contributed by atoms with van der Waals surface area (Å²) in [5, 5.41) is 14.0. The smallest absolute Gasteiger partial charge is 0.326 e. The maximum Gasteiger partial charge on any atom is 0.326 e. The molecule has 0 radical (unpaired) electrons. The van der Waals surface area contributed by atoms with Crippen LogP contribution in [0.4, 0.5) is 4.79 Å². The van der Waals surface area contributed by atoms with Gasteiger partial charge in [0.15, 0.2) is 0 Å². The monoisotopic (exact) mass is 274 g/mol. The molecule has 112 valence electrons. The molecule has 0 bridgehead atoms. The Morgan fingerprint density at radius 1 is 1.26 bits per heavy atom. The van der Waals surface area contributed by atoms with Crippen molar-refractivity contribution >= 4 is 12.0 Å². The van der Waals surface area contributed by atoms with E-state index in [4.69, 9.17) is 9.84 Å². The lowest BCUT2D eigenvalue weighted by Crippen LogP contribution is -2.46. The molecule has 1 atom stereocenters. The Hall–Kier alpha value is -1.30. The molecular weight excluding hydrogens is 248 g/mol. The van der Waals surface area contributed by atoms with E-state index in [1.165, 1.54) is 0 Å². The number of amides is 2. The topological polar surface area (TPSA) is 87.7 Å². The minimum absolute atomic E-state index is 0.224. The number of carbonyl (C=O) groups excluding carboxylic acids is 1. The fourth-order valence-electron chi connectivity index (χ4n) is 1.50. The molecule has 0 aliphatic carbocycles. The average Bonchev–Trinajstić information content (AvgIpc) is 2.32. The van der Waals surface area contributed by atoms with Gasteiger partial charge < -0.3 is 20.5 Å². The van der Waals surface area contributed by atoms with E-state index < -0.39 is 18.0 Å². The molecule has 19 heavy (non-hydrogen) atoms. The number of urea groups is 1. The van der Waals surface area contributed by atoms with Crippen LogP contribution in [-0.2, 0) is 9.53 Å². The molecule has 0 aromatic heterocycles. The molecule has 0 spiro atoms. The quantitative estimate of drug-likeness (QED) is 0.530. The first-order valence-electron chi connectivity index (χ1n) is 6.86. The molecule has 0 aromatic carbocycles. The highest BCUT2D eigenvalue weighted by molar-refractivity contribution is 5.82. The number of ether oxygens (including phenoxy) is 1. The van der Waals surface area contributed by atoms with E-state index in [2.05, 4.69) is 10.6 Å². The number of rotatable bonds is 10. The standard InChI is InChI=1S/C13H26N2O4/c1-4-7-11(12(16)17)15-13(18)14-8-5-6-9-19-10(2)3/h10-11H,4-9H2,1-3H3,(H,16,17)(H2,14,15,18). The molecule has 6 nitrogen and oxygen atoms in total. The first-order valence-corrected chi connectivity index (χ1v) is 6.86. The zero-order chi connectivity index (χ0) is 14.7. The van der Waals surface area contributed by atoms with E-state index >= 15 is 0 Å². The van der Waals surface area contributed by atoms with E-state index in [1.807, 2.05) is 20.8 Å². The lowest BCUT2D eigenvalue weighted by atomic mass is 10.2. The number of carboxylic acid groups (broad SMARTS) is 1. The largest absolute Gasteiger partial charge is 0.480 e. The van der Waals surface area contributed by atoms with Gasteiger partial charge in [-0.3, -0.25) is 0 Å². The highest BCUT2D eigenvalue weighted by Crippen LogP contribution is 1.97. The summed E-state index contributed by atoms with van der Waals surface area (Å²) in [5.41, 5.74) is 0. The normalized spacial score (nSPS) is 12.2. The molecule has 0 fully saturated rings. The third-order valence-corrected chi connectivity index (χ3v) is 2.49. The summed E-state index contributed by atoms with van der Waals surface area (Å²) < 4.78 is 5.37. The van der Waals surface area contributed by atoms with Crippen molar-refractivity contribution in [3.8, 4) is 0 Å². The number of nitrogens with one attached hydrogen (secondary N) is 2. The molecule has 3 N–H and O–H groups in total. The number of carboxylic acids is 1. The Labute approximate surface area is 114 Å². The van der Waals surface area contributed by atoms with Crippen LogP contribution in [0.25, 0.3) is 0 Å². The van der Waals surface area contributed by atoms with Crippen LogP contribution in [0.5, 0.6) is 0 Å². The third-order valence-electron chi connectivity index (χ3n) is 2.49. The molecule has 1 unspecified atom stereocenters. The number of unbranched alkanes of at least 4 members (excludes halogenated alkanes) is 1. The number of hydrogen-bond donors (Lipinski definition) is 3. The minimum Gasteiger partial charge on any atom is -0.480 e. The van der Waals surface area contributed by atoms with E-state index in [9.17, 15) is 9.59 Å². The van der Waals surface area contributed by atoms with Crippen molar-refractivity contribution in [1.82, 2.24) is 10.6 Å². The Balaban J connectivity index is 3.65. The van der Waals surface area contributed by atoms with Crippen molar-refractivity contribution in [3.63, 3.8) is 0 Å². The number of aliphatic carboxylic acids is 1. The Morgan fingerprint density at radius 2 is 1.95 bits per heavy atom. The van der Waals surface area contributed by atoms with Gasteiger partial charge in [-0.05, 0) is 33.1 Å². The van der Waals surface area contributed by atoms with Crippen LogP contribution in [0.3, 0.4) is 0 Å². The van der Waals surface area contributed by atoms with Crippen LogP contribution in [0.15, 0.2) is 0 Å². The third kappa shape index (κ3) is 10.3. The lowest BCUT2D eigenvalue weighted by Gasteiger charge is -2.14. The fourth-order valence-corrected chi connectivity index (χ4v) is 1.50. The molecule has 0 aliphatic heterocycles. The second-order valence-electron chi connectivity index (χ2n) is 4.71. The predicted molar refractivity (Wildman–Crippen MR) is 73.2 cm³/mol.